The van der Waals surface area contributed by atoms with Gasteiger partial charge in [-0.1, -0.05) is 26.7 Å². The number of hydrogen-bond donors (Lipinski definition) is 1. The summed E-state index contributed by atoms with van der Waals surface area (Å²) in [5, 5.41) is 9.57. The maximum absolute atomic E-state index is 13.1. The monoisotopic (exact) mass is 319 g/mol. The average molecular weight is 319 g/mol. The van der Waals surface area contributed by atoms with E-state index in [2.05, 4.69) is 0 Å². The summed E-state index contributed by atoms with van der Waals surface area (Å²) in [6.45, 7) is 5.81. The molecule has 2 heterocycles. The Labute approximate surface area is 136 Å². The van der Waals surface area contributed by atoms with Crippen molar-refractivity contribution in [2.75, 3.05) is 0 Å². The van der Waals surface area contributed by atoms with E-state index in [1.165, 1.54) is 0 Å². The van der Waals surface area contributed by atoms with E-state index in [1.807, 2.05) is 13.8 Å². The standard InChI is InChI=1S/C18H25NO4/c1-10(2)16-9-13(11(3)23-16)17(20)19-14-7-5-4-6-12(14)8-15(19)18(21)22/h9-10,12,14-15H,4-8H2,1-3H3,(H,21,22). The molecule has 0 spiro atoms. The normalized spacial score (nSPS) is 27.3. The van der Waals surface area contributed by atoms with E-state index < -0.39 is 12.0 Å². The van der Waals surface area contributed by atoms with Crippen LogP contribution < -0.4 is 0 Å². The first-order chi connectivity index (χ1) is 10.9. The van der Waals surface area contributed by atoms with Crippen molar-refractivity contribution in [3.8, 4) is 0 Å². The number of hydrogen-bond acceptors (Lipinski definition) is 3. The quantitative estimate of drug-likeness (QED) is 0.924. The van der Waals surface area contributed by atoms with Crippen LogP contribution in [0, 0.1) is 12.8 Å². The van der Waals surface area contributed by atoms with Crippen molar-refractivity contribution in [2.24, 2.45) is 5.92 Å². The Morgan fingerprint density at radius 1 is 1.30 bits per heavy atom. The third kappa shape index (κ3) is 2.77. The summed E-state index contributed by atoms with van der Waals surface area (Å²) in [4.78, 5) is 26.4. The van der Waals surface area contributed by atoms with Crippen LogP contribution in [0.4, 0.5) is 0 Å². The maximum Gasteiger partial charge on any atom is 0.326 e. The number of rotatable bonds is 3. The summed E-state index contributed by atoms with van der Waals surface area (Å²) in [7, 11) is 0. The van der Waals surface area contributed by atoms with E-state index in [1.54, 1.807) is 17.9 Å². The number of carbonyl (C=O) groups is 2. The molecule has 0 aromatic carbocycles. The molecule has 1 N–H and O–H groups in total. The maximum atomic E-state index is 13.1. The topological polar surface area (TPSA) is 70.8 Å². The Kier molecular flexibility index (Phi) is 4.21. The molecule has 126 valence electrons. The number of carboxylic acids is 1. The number of carboxylic acid groups (broad SMARTS) is 1. The highest BCUT2D eigenvalue weighted by molar-refractivity contribution is 5.98. The number of likely N-dealkylation sites (tertiary alicyclic amines) is 1. The van der Waals surface area contributed by atoms with Crippen LogP contribution in [-0.2, 0) is 4.79 Å². The molecule has 23 heavy (non-hydrogen) atoms. The minimum absolute atomic E-state index is 0.0640. The van der Waals surface area contributed by atoms with Crippen LogP contribution in [-0.4, -0.2) is 34.0 Å². The average Bonchev–Trinajstić information content (AvgIpc) is 3.07. The Morgan fingerprint density at radius 2 is 2.00 bits per heavy atom. The molecule has 5 heteroatoms. The molecule has 5 nitrogen and oxygen atoms in total. The lowest BCUT2D eigenvalue weighted by Crippen LogP contribution is -2.46. The van der Waals surface area contributed by atoms with Crippen LogP contribution in [0.2, 0.25) is 0 Å². The third-order valence-corrected chi connectivity index (χ3v) is 5.34. The molecule has 2 fully saturated rings. The fourth-order valence-corrected chi connectivity index (χ4v) is 4.11. The Hall–Kier alpha value is -1.78. The molecule has 0 bridgehead atoms. The van der Waals surface area contributed by atoms with Crippen molar-refractivity contribution in [1.29, 1.82) is 0 Å². The number of aliphatic carboxylic acids is 1. The number of aryl methyl sites for hydroxylation is 1. The largest absolute Gasteiger partial charge is 0.480 e. The van der Waals surface area contributed by atoms with Gasteiger partial charge in [0.15, 0.2) is 0 Å². The Morgan fingerprint density at radius 3 is 2.61 bits per heavy atom. The van der Waals surface area contributed by atoms with E-state index in [4.69, 9.17) is 4.42 Å². The molecule has 1 aliphatic carbocycles. The zero-order chi connectivity index (χ0) is 16.7. The molecule has 1 aromatic rings. The van der Waals surface area contributed by atoms with Crippen molar-refractivity contribution in [1.82, 2.24) is 4.90 Å². The van der Waals surface area contributed by atoms with E-state index >= 15 is 0 Å². The molecule has 1 saturated carbocycles. The predicted molar refractivity (Wildman–Crippen MR) is 85.5 cm³/mol. The fourth-order valence-electron chi connectivity index (χ4n) is 4.11. The van der Waals surface area contributed by atoms with Gasteiger partial charge in [-0.25, -0.2) is 4.79 Å². The molecule has 1 amide bonds. The molecular formula is C18H25NO4. The van der Waals surface area contributed by atoms with E-state index in [-0.39, 0.29) is 17.9 Å². The van der Waals surface area contributed by atoms with Gasteiger partial charge in [-0.05, 0) is 38.2 Å². The molecule has 2 aliphatic rings. The smallest absolute Gasteiger partial charge is 0.326 e. The van der Waals surface area contributed by atoms with Crippen molar-refractivity contribution in [3.63, 3.8) is 0 Å². The lowest BCUT2D eigenvalue weighted by atomic mass is 9.84. The van der Waals surface area contributed by atoms with Gasteiger partial charge in [0.2, 0.25) is 0 Å². The van der Waals surface area contributed by atoms with Crippen LogP contribution in [0.1, 0.15) is 73.7 Å². The lowest BCUT2D eigenvalue weighted by molar-refractivity contribution is -0.141. The van der Waals surface area contributed by atoms with Crippen LogP contribution >= 0.6 is 0 Å². The van der Waals surface area contributed by atoms with Crippen molar-refractivity contribution in [2.45, 2.75) is 70.9 Å². The summed E-state index contributed by atoms with van der Waals surface area (Å²) < 4.78 is 5.69. The predicted octanol–water partition coefficient (Wildman–Crippen LogP) is 3.57. The summed E-state index contributed by atoms with van der Waals surface area (Å²) in [6.07, 6.45) is 4.73. The molecule has 3 unspecified atom stereocenters. The summed E-state index contributed by atoms with van der Waals surface area (Å²) in [6, 6.07) is 1.15. The van der Waals surface area contributed by atoms with Crippen molar-refractivity contribution >= 4 is 11.9 Å². The first kappa shape index (κ1) is 16.1. The molecule has 3 atom stereocenters. The van der Waals surface area contributed by atoms with Crippen LogP contribution in [0.25, 0.3) is 0 Å². The first-order valence-corrected chi connectivity index (χ1v) is 8.56. The van der Waals surface area contributed by atoms with Gasteiger partial charge in [0.25, 0.3) is 5.91 Å². The molecule has 0 radical (unpaired) electrons. The van der Waals surface area contributed by atoms with Crippen molar-refractivity contribution in [3.05, 3.63) is 23.2 Å². The highest BCUT2D eigenvalue weighted by Gasteiger charge is 2.48. The first-order valence-electron chi connectivity index (χ1n) is 8.56. The van der Waals surface area contributed by atoms with Crippen LogP contribution in [0.3, 0.4) is 0 Å². The van der Waals surface area contributed by atoms with Gasteiger partial charge < -0.3 is 14.4 Å². The molecular weight excluding hydrogens is 294 g/mol. The Bertz CT molecular complexity index is 619. The van der Waals surface area contributed by atoms with Gasteiger partial charge in [0.05, 0.1) is 5.56 Å². The number of amides is 1. The fraction of sp³-hybridized carbons (Fsp3) is 0.667. The van der Waals surface area contributed by atoms with Gasteiger partial charge >= 0.3 is 5.97 Å². The summed E-state index contributed by atoms with van der Waals surface area (Å²) in [5.41, 5.74) is 0.520. The highest BCUT2D eigenvalue weighted by atomic mass is 16.4. The molecule has 1 saturated heterocycles. The van der Waals surface area contributed by atoms with Gasteiger partial charge in [-0.3, -0.25) is 4.79 Å². The lowest BCUT2D eigenvalue weighted by Gasteiger charge is -2.32. The van der Waals surface area contributed by atoms with Gasteiger partial charge in [-0.15, -0.1) is 0 Å². The zero-order valence-electron chi connectivity index (χ0n) is 14.0. The number of carbonyl (C=O) groups excluding carboxylic acids is 1. The minimum Gasteiger partial charge on any atom is -0.480 e. The number of fused-ring (bicyclic) bond motifs is 1. The van der Waals surface area contributed by atoms with Gasteiger partial charge in [-0.2, -0.15) is 0 Å². The van der Waals surface area contributed by atoms with Gasteiger partial charge in [0, 0.05) is 12.0 Å². The second-order valence-electron chi connectivity index (χ2n) is 7.19. The van der Waals surface area contributed by atoms with E-state index in [0.717, 1.165) is 31.4 Å². The number of furan rings is 1. The van der Waals surface area contributed by atoms with Crippen LogP contribution in [0.15, 0.2) is 10.5 Å². The molecule has 3 rings (SSSR count). The number of nitrogens with zero attached hydrogens (tertiary/aromatic N) is 1. The van der Waals surface area contributed by atoms with Gasteiger partial charge in [0.1, 0.15) is 17.6 Å². The molecule has 1 aliphatic heterocycles. The molecule has 1 aromatic heterocycles. The zero-order valence-corrected chi connectivity index (χ0v) is 14.0. The SMILES string of the molecule is Cc1oc(C(C)C)cc1C(=O)N1C(C(=O)O)CC2CCCCC21. The van der Waals surface area contributed by atoms with E-state index in [0.29, 0.717) is 23.7 Å². The van der Waals surface area contributed by atoms with Crippen molar-refractivity contribution < 1.29 is 19.1 Å². The summed E-state index contributed by atoms with van der Waals surface area (Å²) in [5.74, 6) is 0.814. The second kappa shape index (κ2) is 6.02. The third-order valence-electron chi connectivity index (χ3n) is 5.34. The van der Waals surface area contributed by atoms with Crippen LogP contribution in [0.5, 0.6) is 0 Å². The Balaban J connectivity index is 1.93. The summed E-state index contributed by atoms with van der Waals surface area (Å²) >= 11 is 0. The minimum atomic E-state index is -0.891. The highest BCUT2D eigenvalue weighted by Crippen LogP contribution is 2.41. The second-order valence-corrected chi connectivity index (χ2v) is 7.19. The van der Waals surface area contributed by atoms with E-state index in [9.17, 15) is 14.7 Å².